The molecule has 3 nitrogen and oxygen atoms in total. The van der Waals surface area contributed by atoms with Crippen molar-refractivity contribution < 1.29 is 4.74 Å². The number of aromatic nitrogens is 1. The largest absolute Gasteiger partial charge is 0.476 e. The van der Waals surface area contributed by atoms with Crippen LogP contribution in [0.15, 0.2) is 24.4 Å². The van der Waals surface area contributed by atoms with E-state index in [1.165, 1.54) is 13.0 Å². The maximum absolute atomic E-state index is 5.66. The molecule has 1 aliphatic rings. The van der Waals surface area contributed by atoms with Crippen molar-refractivity contribution in [3.8, 4) is 5.88 Å². The molecule has 2 rings (SSSR count). The summed E-state index contributed by atoms with van der Waals surface area (Å²) in [5.74, 6) is 1.51. The molecule has 0 N–H and O–H groups in total. The minimum absolute atomic E-state index is 0.544. The molecule has 1 aromatic rings. The smallest absolute Gasteiger partial charge is 0.213 e. The van der Waals surface area contributed by atoms with Crippen LogP contribution >= 0.6 is 0 Å². The molecule has 0 spiro atoms. The topological polar surface area (TPSA) is 25.4 Å². The molecule has 1 fully saturated rings. The van der Waals surface area contributed by atoms with Gasteiger partial charge in [0, 0.05) is 24.8 Å². The molecule has 3 heteroatoms. The Morgan fingerprint density at radius 3 is 3.00 bits per heavy atom. The van der Waals surface area contributed by atoms with Gasteiger partial charge in [-0.3, -0.25) is 4.90 Å². The van der Waals surface area contributed by atoms with Gasteiger partial charge in [-0.05, 0) is 25.5 Å². The van der Waals surface area contributed by atoms with Gasteiger partial charge in [0.25, 0.3) is 0 Å². The van der Waals surface area contributed by atoms with Crippen LogP contribution in [0.25, 0.3) is 0 Å². The predicted octanol–water partition coefficient (Wildman–Crippen LogP) is 1.80. The second-order valence-electron chi connectivity index (χ2n) is 4.41. The van der Waals surface area contributed by atoms with E-state index in [0.717, 1.165) is 18.4 Å². The van der Waals surface area contributed by atoms with Crippen molar-refractivity contribution in [2.45, 2.75) is 19.4 Å². The Morgan fingerprint density at radius 2 is 2.40 bits per heavy atom. The first kappa shape index (κ1) is 10.4. The molecule has 0 saturated carbocycles. The fraction of sp³-hybridized carbons (Fsp3) is 0.583. The third-order valence-corrected chi connectivity index (χ3v) is 2.96. The highest BCUT2D eigenvalue weighted by atomic mass is 16.5. The van der Waals surface area contributed by atoms with E-state index in [1.54, 1.807) is 6.20 Å². The van der Waals surface area contributed by atoms with Gasteiger partial charge in [0.2, 0.25) is 5.88 Å². The molecule has 0 bridgehead atoms. The summed E-state index contributed by atoms with van der Waals surface area (Å²) in [6.07, 6.45) is 2.99. The second-order valence-corrected chi connectivity index (χ2v) is 4.41. The lowest BCUT2D eigenvalue weighted by molar-refractivity contribution is 0.193. The first-order valence-corrected chi connectivity index (χ1v) is 5.50. The highest BCUT2D eigenvalue weighted by molar-refractivity contribution is 5.09. The molecule has 15 heavy (non-hydrogen) atoms. The predicted molar refractivity (Wildman–Crippen MR) is 59.9 cm³/mol. The quantitative estimate of drug-likeness (QED) is 0.754. The molecule has 1 aliphatic heterocycles. The van der Waals surface area contributed by atoms with Gasteiger partial charge in [-0.25, -0.2) is 4.98 Å². The summed E-state index contributed by atoms with van der Waals surface area (Å²) < 4.78 is 5.66. The summed E-state index contributed by atoms with van der Waals surface area (Å²) in [7, 11) is 2.16. The van der Waals surface area contributed by atoms with Crippen molar-refractivity contribution in [1.82, 2.24) is 9.88 Å². The zero-order valence-corrected chi connectivity index (χ0v) is 9.39. The Morgan fingerprint density at radius 1 is 1.53 bits per heavy atom. The molecule has 0 aromatic carbocycles. The van der Waals surface area contributed by atoms with Gasteiger partial charge in [0.15, 0.2) is 0 Å². The fourth-order valence-electron chi connectivity index (χ4n) is 2.17. The summed E-state index contributed by atoms with van der Waals surface area (Å²) in [6, 6.07) is 6.29. The number of hydrogen-bond acceptors (Lipinski definition) is 3. The maximum Gasteiger partial charge on any atom is 0.213 e. The van der Waals surface area contributed by atoms with E-state index in [2.05, 4.69) is 23.9 Å². The number of pyridine rings is 1. The summed E-state index contributed by atoms with van der Waals surface area (Å²) in [5, 5.41) is 0. The van der Waals surface area contributed by atoms with Gasteiger partial charge in [-0.1, -0.05) is 13.0 Å². The van der Waals surface area contributed by atoms with Gasteiger partial charge in [0.1, 0.15) is 6.61 Å². The SMILES string of the molecule is C[C@@H]1C[C@@H](COc2ccccn2)N(C)C1. The molecule has 0 amide bonds. The van der Waals surface area contributed by atoms with Gasteiger partial charge in [0.05, 0.1) is 0 Å². The van der Waals surface area contributed by atoms with Crippen molar-refractivity contribution in [3.05, 3.63) is 24.4 Å². The normalized spacial score (nSPS) is 26.8. The third-order valence-electron chi connectivity index (χ3n) is 2.96. The molecule has 0 aliphatic carbocycles. The zero-order valence-electron chi connectivity index (χ0n) is 9.39. The summed E-state index contributed by atoms with van der Waals surface area (Å²) >= 11 is 0. The Bertz CT molecular complexity index is 302. The van der Waals surface area contributed by atoms with Crippen LogP contribution in [0.5, 0.6) is 5.88 Å². The Labute approximate surface area is 91.1 Å². The molecule has 2 atom stereocenters. The van der Waals surface area contributed by atoms with Crippen molar-refractivity contribution in [2.24, 2.45) is 5.92 Å². The van der Waals surface area contributed by atoms with Crippen LogP contribution in [0.2, 0.25) is 0 Å². The molecular weight excluding hydrogens is 188 g/mol. The summed E-state index contributed by atoms with van der Waals surface area (Å²) in [6.45, 7) is 4.21. The van der Waals surface area contributed by atoms with E-state index < -0.39 is 0 Å². The van der Waals surface area contributed by atoms with E-state index in [4.69, 9.17) is 4.74 Å². The lowest BCUT2D eigenvalue weighted by Crippen LogP contribution is -2.30. The van der Waals surface area contributed by atoms with Crippen LogP contribution in [0.1, 0.15) is 13.3 Å². The van der Waals surface area contributed by atoms with E-state index in [1.807, 2.05) is 18.2 Å². The zero-order chi connectivity index (χ0) is 10.7. The van der Waals surface area contributed by atoms with Crippen LogP contribution in [-0.2, 0) is 0 Å². The Kier molecular flexibility index (Phi) is 3.21. The second kappa shape index (κ2) is 4.62. The van der Waals surface area contributed by atoms with Crippen molar-refractivity contribution in [3.63, 3.8) is 0 Å². The molecule has 1 saturated heterocycles. The van der Waals surface area contributed by atoms with Gasteiger partial charge >= 0.3 is 0 Å². The van der Waals surface area contributed by atoms with Crippen LogP contribution < -0.4 is 4.74 Å². The Balaban J connectivity index is 1.84. The number of ether oxygens (including phenoxy) is 1. The minimum atomic E-state index is 0.544. The lowest BCUT2D eigenvalue weighted by Gasteiger charge is -2.18. The minimum Gasteiger partial charge on any atom is -0.476 e. The highest BCUT2D eigenvalue weighted by Gasteiger charge is 2.26. The van der Waals surface area contributed by atoms with Gasteiger partial charge in [-0.15, -0.1) is 0 Å². The molecular formula is C12H18N2O. The average molecular weight is 206 g/mol. The number of rotatable bonds is 3. The number of hydrogen-bond donors (Lipinski definition) is 0. The standard InChI is InChI=1S/C12H18N2O/c1-10-7-11(14(2)8-10)9-15-12-5-3-4-6-13-12/h3-6,10-11H,7-9H2,1-2H3/t10-,11+/m1/s1. The van der Waals surface area contributed by atoms with E-state index >= 15 is 0 Å². The van der Waals surface area contributed by atoms with E-state index in [-0.39, 0.29) is 0 Å². The van der Waals surface area contributed by atoms with Crippen LogP contribution in [0.3, 0.4) is 0 Å². The average Bonchev–Trinajstić information content (AvgIpc) is 2.56. The molecule has 0 radical (unpaired) electrons. The lowest BCUT2D eigenvalue weighted by atomic mass is 10.1. The van der Waals surface area contributed by atoms with Crippen molar-refractivity contribution in [2.75, 3.05) is 20.2 Å². The molecule has 0 unspecified atom stereocenters. The Hall–Kier alpha value is -1.09. The number of nitrogens with zero attached hydrogens (tertiary/aromatic N) is 2. The van der Waals surface area contributed by atoms with Gasteiger partial charge in [-0.2, -0.15) is 0 Å². The van der Waals surface area contributed by atoms with Crippen molar-refractivity contribution >= 4 is 0 Å². The van der Waals surface area contributed by atoms with Gasteiger partial charge < -0.3 is 4.74 Å². The van der Waals surface area contributed by atoms with Crippen LogP contribution in [0, 0.1) is 5.92 Å². The monoisotopic (exact) mass is 206 g/mol. The summed E-state index contributed by atoms with van der Waals surface area (Å²) in [4.78, 5) is 6.51. The number of likely N-dealkylation sites (tertiary alicyclic amines) is 1. The van der Waals surface area contributed by atoms with E-state index in [9.17, 15) is 0 Å². The molecule has 2 heterocycles. The first-order chi connectivity index (χ1) is 7.25. The fourth-order valence-corrected chi connectivity index (χ4v) is 2.17. The molecule has 1 aromatic heterocycles. The van der Waals surface area contributed by atoms with Crippen LogP contribution in [-0.4, -0.2) is 36.1 Å². The maximum atomic E-state index is 5.66. The summed E-state index contributed by atoms with van der Waals surface area (Å²) in [5.41, 5.74) is 0. The highest BCUT2D eigenvalue weighted by Crippen LogP contribution is 2.21. The van der Waals surface area contributed by atoms with Crippen LogP contribution in [0.4, 0.5) is 0 Å². The van der Waals surface area contributed by atoms with Crippen molar-refractivity contribution in [1.29, 1.82) is 0 Å². The number of likely N-dealkylation sites (N-methyl/N-ethyl adjacent to an activating group) is 1. The molecule has 82 valence electrons. The third kappa shape index (κ3) is 2.69. The first-order valence-electron chi connectivity index (χ1n) is 5.50. The van der Waals surface area contributed by atoms with E-state index in [0.29, 0.717) is 6.04 Å².